The highest BCUT2D eigenvalue weighted by Gasteiger charge is 2.20. The van der Waals surface area contributed by atoms with Gasteiger partial charge in [-0.1, -0.05) is 24.3 Å². The average molecular weight is 488 g/mol. The number of amides is 1. The van der Waals surface area contributed by atoms with E-state index in [-0.39, 0.29) is 17.6 Å². The Morgan fingerprint density at radius 3 is 2.68 bits per heavy atom. The Kier molecular flexibility index (Phi) is 5.69. The fourth-order valence-electron chi connectivity index (χ4n) is 3.77. The molecule has 0 spiro atoms. The molecule has 5 rings (SSSR count). The highest BCUT2D eigenvalue weighted by molar-refractivity contribution is 7.73. The lowest BCUT2D eigenvalue weighted by Gasteiger charge is -2.09. The van der Waals surface area contributed by atoms with E-state index in [0.29, 0.717) is 25.8 Å². The van der Waals surface area contributed by atoms with E-state index in [9.17, 15) is 14.3 Å². The maximum Gasteiger partial charge on any atom is 0.255 e. The molecule has 2 heterocycles. The highest BCUT2D eigenvalue weighted by atomic mass is 32.1. The van der Waals surface area contributed by atoms with Crippen LogP contribution < -0.4 is 5.32 Å². The molecule has 1 aliphatic rings. The number of aliphatic imine (C=N–C) groups is 1. The first kappa shape index (κ1) is 21.9. The van der Waals surface area contributed by atoms with Crippen molar-refractivity contribution in [3.05, 3.63) is 98.6 Å². The lowest BCUT2D eigenvalue weighted by molar-refractivity contribution is 0.102. The molecular weight excluding hydrogens is 469 g/mol. The van der Waals surface area contributed by atoms with E-state index in [1.54, 1.807) is 24.3 Å². The van der Waals surface area contributed by atoms with Gasteiger partial charge < -0.3 is 10.4 Å². The van der Waals surface area contributed by atoms with Crippen LogP contribution in [0.25, 0.3) is 17.3 Å². The Labute approximate surface area is 204 Å². The van der Waals surface area contributed by atoms with E-state index >= 15 is 0 Å². The number of aromatic hydroxyl groups is 1. The third kappa shape index (κ3) is 4.09. The van der Waals surface area contributed by atoms with E-state index < -0.39 is 0 Å². The molecule has 0 fully saturated rings. The number of para-hydroxylation sites is 1. The smallest absolute Gasteiger partial charge is 0.255 e. The summed E-state index contributed by atoms with van der Waals surface area (Å²) in [6.45, 7) is 1.93. The second kappa shape index (κ2) is 8.81. The van der Waals surface area contributed by atoms with Gasteiger partial charge in [0, 0.05) is 28.1 Å². The van der Waals surface area contributed by atoms with Gasteiger partial charge in [0.2, 0.25) is 5.88 Å². The predicted octanol–water partition coefficient (Wildman–Crippen LogP) is 7.01. The second-order valence-electron chi connectivity index (χ2n) is 7.67. The molecule has 0 atom stereocenters. The normalized spacial score (nSPS) is 13.6. The van der Waals surface area contributed by atoms with Crippen molar-refractivity contribution in [2.24, 2.45) is 4.99 Å². The van der Waals surface area contributed by atoms with Crippen LogP contribution in [0.4, 0.5) is 15.8 Å². The molecular formula is C26H18FN3O2S2. The number of hydrogen-bond acceptors (Lipinski definition) is 5. The topological polar surface area (TPSA) is 66.6 Å². The molecule has 8 heteroatoms. The van der Waals surface area contributed by atoms with Crippen molar-refractivity contribution in [3.8, 4) is 11.6 Å². The number of hydrogen-bond donors (Lipinski definition) is 2. The van der Waals surface area contributed by atoms with Gasteiger partial charge in [0.1, 0.15) is 5.82 Å². The van der Waals surface area contributed by atoms with Crippen molar-refractivity contribution < 1.29 is 14.3 Å². The summed E-state index contributed by atoms with van der Waals surface area (Å²) in [6, 6.07) is 20.2. The Morgan fingerprint density at radius 2 is 1.88 bits per heavy atom. The lowest BCUT2D eigenvalue weighted by atomic mass is 10.0. The molecule has 0 radical (unpaired) electrons. The molecule has 0 bridgehead atoms. The highest BCUT2D eigenvalue weighted by Crippen LogP contribution is 2.39. The zero-order valence-electron chi connectivity index (χ0n) is 17.9. The van der Waals surface area contributed by atoms with Gasteiger partial charge in [-0.05, 0) is 73.7 Å². The molecule has 4 aromatic rings. The van der Waals surface area contributed by atoms with Crippen LogP contribution in [0.5, 0.6) is 5.88 Å². The van der Waals surface area contributed by atoms with Crippen LogP contribution in [-0.2, 0) is 0 Å². The number of carbonyl (C=O) groups excluding carboxylic acids is 1. The third-order valence-corrected chi connectivity index (χ3v) is 6.74. The van der Waals surface area contributed by atoms with Gasteiger partial charge in [-0.2, -0.15) is 0 Å². The zero-order chi connectivity index (χ0) is 23.8. The summed E-state index contributed by atoms with van der Waals surface area (Å²) in [7, 11) is 0. The van der Waals surface area contributed by atoms with E-state index in [1.807, 2.05) is 37.3 Å². The molecule has 2 N–H and O–H groups in total. The summed E-state index contributed by atoms with van der Waals surface area (Å²) in [5.41, 5.74) is 5.12. The summed E-state index contributed by atoms with van der Waals surface area (Å²) in [5.74, 6) is -0.738. The third-order valence-electron chi connectivity index (χ3n) is 5.43. The number of thiazole rings is 1. The van der Waals surface area contributed by atoms with Crippen LogP contribution >= 0.6 is 23.6 Å². The SMILES string of the molecule is CC1=Nc2ccccc2C1=Cc1sc(=S)n(-c2cccc(C(=O)Nc3ccc(F)cc3)c2)c1O. The quantitative estimate of drug-likeness (QED) is 0.304. The summed E-state index contributed by atoms with van der Waals surface area (Å²) >= 11 is 6.82. The van der Waals surface area contributed by atoms with Crippen LogP contribution in [0.15, 0.2) is 77.8 Å². The number of nitrogens with one attached hydrogen (secondary N) is 1. The zero-order valence-corrected chi connectivity index (χ0v) is 19.6. The number of rotatable bonds is 4. The second-order valence-corrected chi connectivity index (χ2v) is 9.35. The summed E-state index contributed by atoms with van der Waals surface area (Å²) < 4.78 is 15.1. The van der Waals surface area contributed by atoms with Crippen LogP contribution in [0.2, 0.25) is 0 Å². The fraction of sp³-hybridized carbons (Fsp3) is 0.0385. The van der Waals surface area contributed by atoms with Crippen LogP contribution in [0, 0.1) is 9.77 Å². The van der Waals surface area contributed by atoms with Crippen molar-refractivity contribution in [2.45, 2.75) is 6.92 Å². The fourth-order valence-corrected chi connectivity index (χ4v) is 5.07. The van der Waals surface area contributed by atoms with Crippen molar-refractivity contribution in [2.75, 3.05) is 5.32 Å². The summed E-state index contributed by atoms with van der Waals surface area (Å²) in [4.78, 5) is 17.9. The molecule has 1 aromatic heterocycles. The molecule has 0 saturated heterocycles. The van der Waals surface area contributed by atoms with Crippen molar-refractivity contribution in [1.82, 2.24) is 4.57 Å². The maximum atomic E-state index is 13.1. The minimum atomic E-state index is -0.379. The first-order valence-electron chi connectivity index (χ1n) is 10.4. The van der Waals surface area contributed by atoms with Crippen LogP contribution in [0.1, 0.15) is 27.7 Å². The van der Waals surface area contributed by atoms with Gasteiger partial charge in [0.05, 0.1) is 16.3 Å². The standard InChI is InChI=1S/C26H18FN3O2S2/c1-15-21(20-7-2-3-8-22(20)28-15)14-23-25(32)30(26(33)34-23)19-6-4-5-16(13-19)24(31)29-18-11-9-17(27)10-12-18/h2-14,32H,1H3,(H,29,31). The van der Waals surface area contributed by atoms with Gasteiger partial charge in [0.15, 0.2) is 3.95 Å². The number of nitrogens with zero attached hydrogens (tertiary/aromatic N) is 2. The monoisotopic (exact) mass is 487 g/mol. The first-order valence-corrected chi connectivity index (χ1v) is 11.6. The molecule has 3 aromatic carbocycles. The van der Waals surface area contributed by atoms with Crippen molar-refractivity contribution >= 4 is 58.2 Å². The average Bonchev–Trinajstić information content (AvgIpc) is 3.30. The maximum absolute atomic E-state index is 13.1. The van der Waals surface area contributed by atoms with Gasteiger partial charge in [0.25, 0.3) is 5.91 Å². The first-order chi connectivity index (χ1) is 16.4. The predicted molar refractivity (Wildman–Crippen MR) is 138 cm³/mol. The van der Waals surface area contributed by atoms with Crippen molar-refractivity contribution in [3.63, 3.8) is 0 Å². The van der Waals surface area contributed by atoms with Crippen molar-refractivity contribution in [1.29, 1.82) is 0 Å². The minimum absolute atomic E-state index is 0.00391. The molecule has 0 saturated carbocycles. The molecule has 5 nitrogen and oxygen atoms in total. The van der Waals surface area contributed by atoms with Gasteiger partial charge in [-0.25, -0.2) is 4.39 Å². The van der Waals surface area contributed by atoms with E-state index in [2.05, 4.69) is 10.3 Å². The van der Waals surface area contributed by atoms with E-state index in [0.717, 1.165) is 22.5 Å². The Hall–Kier alpha value is -3.88. The van der Waals surface area contributed by atoms with Gasteiger partial charge in [-0.3, -0.25) is 14.4 Å². The molecule has 34 heavy (non-hydrogen) atoms. The number of benzene rings is 3. The summed E-state index contributed by atoms with van der Waals surface area (Å²) in [5, 5.41) is 13.8. The molecule has 1 amide bonds. The number of halogens is 1. The molecule has 0 unspecified atom stereocenters. The van der Waals surface area contributed by atoms with Gasteiger partial charge in [-0.15, -0.1) is 11.3 Å². The number of anilines is 1. The molecule has 168 valence electrons. The lowest BCUT2D eigenvalue weighted by Crippen LogP contribution is -2.12. The van der Waals surface area contributed by atoms with Crippen LogP contribution in [-0.4, -0.2) is 21.3 Å². The number of fused-ring (bicyclic) bond motifs is 1. The summed E-state index contributed by atoms with van der Waals surface area (Å²) in [6.07, 6.45) is 1.89. The largest absolute Gasteiger partial charge is 0.493 e. The number of carbonyl (C=O) groups is 1. The Balaban J connectivity index is 1.48. The molecule has 0 aliphatic carbocycles. The number of allylic oxidation sites excluding steroid dienone is 1. The van der Waals surface area contributed by atoms with Gasteiger partial charge >= 0.3 is 0 Å². The van der Waals surface area contributed by atoms with Crippen LogP contribution in [0.3, 0.4) is 0 Å². The van der Waals surface area contributed by atoms with E-state index in [4.69, 9.17) is 12.2 Å². The molecule has 1 aliphatic heterocycles. The Morgan fingerprint density at radius 1 is 1.12 bits per heavy atom. The number of aromatic nitrogens is 1. The Bertz CT molecular complexity index is 1550. The van der Waals surface area contributed by atoms with E-state index in [1.165, 1.54) is 40.2 Å². The minimum Gasteiger partial charge on any atom is -0.493 e.